The van der Waals surface area contributed by atoms with Gasteiger partial charge in [-0.2, -0.15) is 0 Å². The molecule has 110 valence electrons. The molecule has 5 heteroatoms. The Hall–Kier alpha value is -1.62. The van der Waals surface area contributed by atoms with Crippen LogP contribution in [0.1, 0.15) is 38.9 Å². The summed E-state index contributed by atoms with van der Waals surface area (Å²) in [6.07, 6.45) is 3.23. The van der Waals surface area contributed by atoms with E-state index in [0.29, 0.717) is 13.1 Å². The maximum atomic E-state index is 12.0. The van der Waals surface area contributed by atoms with Gasteiger partial charge in [0, 0.05) is 31.4 Å². The van der Waals surface area contributed by atoms with Crippen LogP contribution in [0.4, 0.5) is 4.79 Å². The molecule has 2 rings (SSSR count). The number of pyridine rings is 1. The summed E-state index contributed by atoms with van der Waals surface area (Å²) in [5.74, 6) is 0.0340. The van der Waals surface area contributed by atoms with E-state index in [1.807, 2.05) is 26.8 Å². The zero-order valence-electron chi connectivity index (χ0n) is 12.2. The largest absolute Gasteiger partial charge is 0.444 e. The van der Waals surface area contributed by atoms with Gasteiger partial charge in [-0.1, -0.05) is 6.07 Å². The van der Waals surface area contributed by atoms with E-state index in [1.54, 1.807) is 23.4 Å². The molecule has 2 unspecified atom stereocenters. The van der Waals surface area contributed by atoms with Crippen LogP contribution in [0.15, 0.2) is 24.5 Å². The highest BCUT2D eigenvalue weighted by molar-refractivity contribution is 5.68. The van der Waals surface area contributed by atoms with E-state index >= 15 is 0 Å². The molecule has 0 aromatic carbocycles. The maximum Gasteiger partial charge on any atom is 0.410 e. The van der Waals surface area contributed by atoms with Gasteiger partial charge in [0.2, 0.25) is 0 Å². The van der Waals surface area contributed by atoms with Crippen molar-refractivity contribution in [2.75, 3.05) is 13.1 Å². The minimum atomic E-state index is -0.587. The Morgan fingerprint density at radius 2 is 2.30 bits per heavy atom. The predicted molar refractivity (Wildman–Crippen MR) is 75.1 cm³/mol. The van der Waals surface area contributed by atoms with Gasteiger partial charge < -0.3 is 14.7 Å². The van der Waals surface area contributed by atoms with Gasteiger partial charge in [0.1, 0.15) is 5.60 Å². The molecule has 1 N–H and O–H groups in total. The Morgan fingerprint density at radius 1 is 1.55 bits per heavy atom. The minimum absolute atomic E-state index is 0.0340. The van der Waals surface area contributed by atoms with Crippen molar-refractivity contribution < 1.29 is 14.6 Å². The predicted octanol–water partition coefficient (Wildman–Crippen LogP) is 2.37. The summed E-state index contributed by atoms with van der Waals surface area (Å²) < 4.78 is 5.35. The Kier molecular flexibility index (Phi) is 4.28. The minimum Gasteiger partial charge on any atom is -0.444 e. The fourth-order valence-electron chi connectivity index (χ4n) is 2.36. The van der Waals surface area contributed by atoms with Crippen LogP contribution >= 0.6 is 0 Å². The van der Waals surface area contributed by atoms with Crippen LogP contribution in [-0.4, -0.2) is 39.8 Å². The SMILES string of the molecule is CC(C)(C)OC(=O)N1CCC(C(O)c2cccnc2)C1. The molecule has 0 radical (unpaired) electrons. The molecular weight excluding hydrogens is 256 g/mol. The maximum absolute atomic E-state index is 12.0. The second kappa shape index (κ2) is 5.79. The lowest BCUT2D eigenvalue weighted by molar-refractivity contribution is 0.0268. The van der Waals surface area contributed by atoms with Crippen LogP contribution < -0.4 is 0 Å². The topological polar surface area (TPSA) is 62.7 Å². The first-order valence-electron chi connectivity index (χ1n) is 6.93. The lowest BCUT2D eigenvalue weighted by Gasteiger charge is -2.25. The van der Waals surface area contributed by atoms with Gasteiger partial charge in [0.25, 0.3) is 0 Å². The molecule has 1 saturated heterocycles. The number of aliphatic hydroxyl groups excluding tert-OH is 1. The molecule has 0 bridgehead atoms. The summed E-state index contributed by atoms with van der Waals surface area (Å²) in [6.45, 7) is 6.69. The molecule has 1 fully saturated rings. The number of carbonyl (C=O) groups excluding carboxylic acids is 1. The van der Waals surface area contributed by atoms with Crippen molar-refractivity contribution in [3.8, 4) is 0 Å². The van der Waals surface area contributed by atoms with Crippen molar-refractivity contribution >= 4 is 6.09 Å². The zero-order valence-corrected chi connectivity index (χ0v) is 12.2. The molecule has 2 heterocycles. The molecule has 1 aromatic rings. The fraction of sp³-hybridized carbons (Fsp3) is 0.600. The van der Waals surface area contributed by atoms with E-state index in [4.69, 9.17) is 4.74 Å². The van der Waals surface area contributed by atoms with Gasteiger partial charge in [-0.05, 0) is 38.8 Å². The highest BCUT2D eigenvalue weighted by Gasteiger charge is 2.33. The fourth-order valence-corrected chi connectivity index (χ4v) is 2.36. The quantitative estimate of drug-likeness (QED) is 0.902. The average Bonchev–Trinajstić information content (AvgIpc) is 2.86. The third-order valence-corrected chi connectivity index (χ3v) is 3.35. The van der Waals surface area contributed by atoms with Crippen molar-refractivity contribution in [3.63, 3.8) is 0 Å². The summed E-state index contributed by atoms with van der Waals surface area (Å²) in [6, 6.07) is 3.66. The molecule has 1 aliphatic rings. The average molecular weight is 278 g/mol. The number of likely N-dealkylation sites (tertiary alicyclic amines) is 1. The van der Waals surface area contributed by atoms with E-state index in [-0.39, 0.29) is 12.0 Å². The molecule has 0 spiro atoms. The van der Waals surface area contributed by atoms with Crippen molar-refractivity contribution in [1.82, 2.24) is 9.88 Å². The number of carbonyl (C=O) groups is 1. The van der Waals surface area contributed by atoms with Gasteiger partial charge >= 0.3 is 6.09 Å². The van der Waals surface area contributed by atoms with Crippen molar-refractivity contribution in [2.45, 2.75) is 38.9 Å². The molecule has 5 nitrogen and oxygen atoms in total. The third-order valence-electron chi connectivity index (χ3n) is 3.35. The summed E-state index contributed by atoms with van der Waals surface area (Å²) in [7, 11) is 0. The number of hydrogen-bond donors (Lipinski definition) is 1. The number of hydrogen-bond acceptors (Lipinski definition) is 4. The zero-order chi connectivity index (χ0) is 14.8. The van der Waals surface area contributed by atoms with Crippen molar-refractivity contribution in [1.29, 1.82) is 0 Å². The van der Waals surface area contributed by atoms with Crippen LogP contribution in [0.5, 0.6) is 0 Å². The number of aliphatic hydroxyl groups is 1. The smallest absolute Gasteiger partial charge is 0.410 e. The lowest BCUT2D eigenvalue weighted by atomic mass is 9.96. The Morgan fingerprint density at radius 3 is 2.90 bits per heavy atom. The van der Waals surface area contributed by atoms with Crippen LogP contribution in [0.3, 0.4) is 0 Å². The summed E-state index contributed by atoms with van der Waals surface area (Å²) in [4.78, 5) is 17.7. The summed E-state index contributed by atoms with van der Waals surface area (Å²) in [5.41, 5.74) is 0.306. The normalized spacial score (nSPS) is 20.8. The summed E-state index contributed by atoms with van der Waals surface area (Å²) in [5, 5.41) is 10.3. The van der Waals surface area contributed by atoms with E-state index < -0.39 is 11.7 Å². The second-order valence-electron chi connectivity index (χ2n) is 6.21. The number of nitrogens with zero attached hydrogens (tertiary/aromatic N) is 2. The van der Waals surface area contributed by atoms with E-state index in [0.717, 1.165) is 12.0 Å². The van der Waals surface area contributed by atoms with Crippen LogP contribution in [0.2, 0.25) is 0 Å². The standard InChI is InChI=1S/C15H22N2O3/c1-15(2,3)20-14(19)17-8-6-12(10-17)13(18)11-5-4-7-16-9-11/h4-5,7,9,12-13,18H,6,8,10H2,1-3H3. The Balaban J connectivity index is 1.94. The number of amides is 1. The van der Waals surface area contributed by atoms with Gasteiger partial charge in [-0.3, -0.25) is 4.98 Å². The first-order chi connectivity index (χ1) is 9.37. The van der Waals surface area contributed by atoms with Crippen molar-refractivity contribution in [2.24, 2.45) is 5.92 Å². The van der Waals surface area contributed by atoms with Gasteiger partial charge in [0.05, 0.1) is 6.10 Å². The lowest BCUT2D eigenvalue weighted by Crippen LogP contribution is -2.35. The van der Waals surface area contributed by atoms with E-state index in [9.17, 15) is 9.90 Å². The molecule has 20 heavy (non-hydrogen) atoms. The highest BCUT2D eigenvalue weighted by Crippen LogP contribution is 2.30. The van der Waals surface area contributed by atoms with Gasteiger partial charge in [-0.15, -0.1) is 0 Å². The Labute approximate surface area is 119 Å². The van der Waals surface area contributed by atoms with Gasteiger partial charge in [-0.25, -0.2) is 4.79 Å². The first-order valence-corrected chi connectivity index (χ1v) is 6.93. The second-order valence-corrected chi connectivity index (χ2v) is 6.21. The molecule has 1 amide bonds. The third kappa shape index (κ3) is 3.70. The molecule has 0 aliphatic carbocycles. The van der Waals surface area contributed by atoms with Gasteiger partial charge in [0.15, 0.2) is 0 Å². The Bertz CT molecular complexity index is 456. The molecule has 1 aromatic heterocycles. The first kappa shape index (κ1) is 14.8. The highest BCUT2D eigenvalue weighted by atomic mass is 16.6. The monoisotopic (exact) mass is 278 g/mol. The molecular formula is C15H22N2O3. The molecule has 1 aliphatic heterocycles. The number of rotatable bonds is 2. The number of aromatic nitrogens is 1. The van der Waals surface area contributed by atoms with Crippen LogP contribution in [-0.2, 0) is 4.74 Å². The van der Waals surface area contributed by atoms with E-state index in [1.165, 1.54) is 0 Å². The molecule has 2 atom stereocenters. The van der Waals surface area contributed by atoms with Crippen molar-refractivity contribution in [3.05, 3.63) is 30.1 Å². The van der Waals surface area contributed by atoms with E-state index in [2.05, 4.69) is 4.98 Å². The van der Waals surface area contributed by atoms with Crippen LogP contribution in [0, 0.1) is 5.92 Å². The summed E-state index contributed by atoms with van der Waals surface area (Å²) >= 11 is 0. The van der Waals surface area contributed by atoms with Crippen LogP contribution in [0.25, 0.3) is 0 Å². The molecule has 0 saturated carbocycles. The number of ether oxygens (including phenoxy) is 1.